The Balaban J connectivity index is 1.69. The molecule has 166 valence electrons. The highest BCUT2D eigenvalue weighted by Crippen LogP contribution is 2.22. The van der Waals surface area contributed by atoms with Gasteiger partial charge in [0.25, 0.3) is 15.9 Å². The zero-order valence-electron chi connectivity index (χ0n) is 17.4. The summed E-state index contributed by atoms with van der Waals surface area (Å²) in [5.41, 5.74) is 2.41. The van der Waals surface area contributed by atoms with Crippen LogP contribution in [-0.2, 0) is 19.6 Å². The minimum Gasteiger partial charge on any atom is -0.452 e. The van der Waals surface area contributed by atoms with Crippen LogP contribution in [-0.4, -0.2) is 26.9 Å². The number of esters is 1. The fraction of sp³-hybridized carbons (Fsp3) is 0.130. The Hall–Kier alpha value is -3.72. The van der Waals surface area contributed by atoms with Crippen molar-refractivity contribution in [2.75, 3.05) is 16.6 Å². The number of nitrogens with one attached hydrogen (secondary N) is 2. The first-order valence-electron chi connectivity index (χ1n) is 9.58. The number of hydrogen-bond donors (Lipinski definition) is 2. The van der Waals surface area contributed by atoms with E-state index in [0.29, 0.717) is 5.69 Å². The molecule has 0 spiro atoms. The molecule has 0 aliphatic rings. The predicted molar refractivity (Wildman–Crippen MR) is 118 cm³/mol. The predicted octanol–water partition coefficient (Wildman–Crippen LogP) is 4.04. The third-order valence-corrected chi connectivity index (χ3v) is 6.11. The van der Waals surface area contributed by atoms with E-state index >= 15 is 0 Å². The lowest BCUT2D eigenvalue weighted by molar-refractivity contribution is -0.119. The Morgan fingerprint density at radius 3 is 2.28 bits per heavy atom. The molecule has 0 fully saturated rings. The molecule has 7 nitrogen and oxygen atoms in total. The van der Waals surface area contributed by atoms with E-state index in [1.54, 1.807) is 12.1 Å². The molecule has 0 saturated heterocycles. The van der Waals surface area contributed by atoms with Gasteiger partial charge in [-0.3, -0.25) is 9.52 Å². The standard InChI is InChI=1S/C23H21FN2O5S/c1-15-6-5-9-20(16(15)2)25-22(27)14-31-23(28)19-7-3-4-8-21(19)26-32(29,30)18-12-10-17(24)11-13-18/h3-13,26H,14H2,1-2H3,(H,25,27). The maximum absolute atomic E-state index is 13.1. The van der Waals surface area contributed by atoms with Gasteiger partial charge in [0.2, 0.25) is 0 Å². The summed E-state index contributed by atoms with van der Waals surface area (Å²) in [6.07, 6.45) is 0. The van der Waals surface area contributed by atoms with Crippen molar-refractivity contribution in [3.63, 3.8) is 0 Å². The second-order valence-corrected chi connectivity index (χ2v) is 8.66. The SMILES string of the molecule is Cc1cccc(NC(=O)COC(=O)c2ccccc2NS(=O)(=O)c2ccc(F)cc2)c1C. The van der Waals surface area contributed by atoms with Gasteiger partial charge in [0.15, 0.2) is 6.61 Å². The number of halogens is 1. The van der Waals surface area contributed by atoms with Gasteiger partial charge in [-0.05, 0) is 67.4 Å². The molecule has 0 aliphatic heterocycles. The third-order valence-electron chi connectivity index (χ3n) is 4.73. The lowest BCUT2D eigenvalue weighted by Crippen LogP contribution is -2.22. The number of amides is 1. The van der Waals surface area contributed by atoms with Crippen molar-refractivity contribution in [3.05, 3.63) is 89.2 Å². The molecule has 0 heterocycles. The molecule has 0 radical (unpaired) electrons. The Kier molecular flexibility index (Phi) is 6.89. The quantitative estimate of drug-likeness (QED) is 0.523. The Bertz CT molecular complexity index is 1260. The molecule has 0 bridgehead atoms. The Morgan fingerprint density at radius 1 is 0.906 bits per heavy atom. The number of anilines is 2. The highest BCUT2D eigenvalue weighted by Gasteiger charge is 2.20. The molecule has 0 unspecified atom stereocenters. The molecule has 1 amide bonds. The molecule has 3 rings (SSSR count). The zero-order valence-corrected chi connectivity index (χ0v) is 18.2. The van der Waals surface area contributed by atoms with Crippen molar-refractivity contribution in [2.45, 2.75) is 18.7 Å². The molecular formula is C23H21FN2O5S. The van der Waals surface area contributed by atoms with Crippen molar-refractivity contribution in [3.8, 4) is 0 Å². The van der Waals surface area contributed by atoms with Crippen molar-refractivity contribution < 1.29 is 27.1 Å². The van der Waals surface area contributed by atoms with Crippen LogP contribution in [0.5, 0.6) is 0 Å². The van der Waals surface area contributed by atoms with Crippen LogP contribution < -0.4 is 10.0 Å². The summed E-state index contributed by atoms with van der Waals surface area (Å²) in [6, 6.07) is 15.5. The van der Waals surface area contributed by atoms with E-state index in [9.17, 15) is 22.4 Å². The first-order chi connectivity index (χ1) is 15.2. The van der Waals surface area contributed by atoms with Gasteiger partial charge in [-0.15, -0.1) is 0 Å². The topological polar surface area (TPSA) is 102 Å². The molecular weight excluding hydrogens is 435 g/mol. The highest BCUT2D eigenvalue weighted by molar-refractivity contribution is 7.92. The third kappa shape index (κ3) is 5.50. The Labute approximate surface area is 185 Å². The number of rotatable bonds is 7. The molecule has 3 aromatic carbocycles. The number of hydrogen-bond acceptors (Lipinski definition) is 5. The van der Waals surface area contributed by atoms with Crippen LogP contribution in [0.3, 0.4) is 0 Å². The number of carbonyl (C=O) groups is 2. The summed E-state index contributed by atoms with van der Waals surface area (Å²) in [6.45, 7) is 3.22. The van der Waals surface area contributed by atoms with E-state index in [0.717, 1.165) is 35.4 Å². The zero-order chi connectivity index (χ0) is 23.3. The van der Waals surface area contributed by atoms with Gasteiger partial charge in [0.05, 0.1) is 16.1 Å². The van der Waals surface area contributed by atoms with E-state index in [1.165, 1.54) is 24.3 Å². The van der Waals surface area contributed by atoms with E-state index in [1.807, 2.05) is 19.9 Å². The summed E-state index contributed by atoms with van der Waals surface area (Å²) < 4.78 is 45.6. The summed E-state index contributed by atoms with van der Waals surface area (Å²) >= 11 is 0. The van der Waals surface area contributed by atoms with Crippen LogP contribution in [0.4, 0.5) is 15.8 Å². The summed E-state index contributed by atoms with van der Waals surface area (Å²) in [5.74, 6) is -1.98. The van der Waals surface area contributed by atoms with E-state index < -0.39 is 34.3 Å². The van der Waals surface area contributed by atoms with Crippen LogP contribution in [0, 0.1) is 19.7 Å². The van der Waals surface area contributed by atoms with Crippen molar-refractivity contribution in [1.29, 1.82) is 0 Å². The number of aryl methyl sites for hydroxylation is 1. The molecule has 9 heteroatoms. The van der Waals surface area contributed by atoms with Crippen LogP contribution in [0.2, 0.25) is 0 Å². The molecule has 32 heavy (non-hydrogen) atoms. The van der Waals surface area contributed by atoms with Gasteiger partial charge in [0, 0.05) is 5.69 Å². The fourth-order valence-corrected chi connectivity index (χ4v) is 3.93. The molecule has 0 aliphatic carbocycles. The number of carbonyl (C=O) groups excluding carboxylic acids is 2. The van der Waals surface area contributed by atoms with Gasteiger partial charge < -0.3 is 10.1 Å². The van der Waals surface area contributed by atoms with Gasteiger partial charge in [0.1, 0.15) is 5.82 Å². The number of sulfonamides is 1. The molecule has 2 N–H and O–H groups in total. The first kappa shape index (κ1) is 23.0. The lowest BCUT2D eigenvalue weighted by atomic mass is 10.1. The summed E-state index contributed by atoms with van der Waals surface area (Å²) in [7, 11) is -4.07. The van der Waals surface area contributed by atoms with E-state index in [-0.39, 0.29) is 16.1 Å². The lowest BCUT2D eigenvalue weighted by Gasteiger charge is -2.13. The van der Waals surface area contributed by atoms with Crippen LogP contribution in [0.25, 0.3) is 0 Å². The summed E-state index contributed by atoms with van der Waals surface area (Å²) in [5, 5.41) is 2.68. The van der Waals surface area contributed by atoms with Crippen LogP contribution in [0.1, 0.15) is 21.5 Å². The first-order valence-corrected chi connectivity index (χ1v) is 11.1. The van der Waals surface area contributed by atoms with Gasteiger partial charge in [-0.1, -0.05) is 24.3 Å². The normalized spacial score (nSPS) is 11.0. The van der Waals surface area contributed by atoms with E-state index in [2.05, 4.69) is 10.0 Å². The minimum atomic E-state index is -4.07. The number of ether oxygens (including phenoxy) is 1. The second-order valence-electron chi connectivity index (χ2n) is 6.98. The second kappa shape index (κ2) is 9.61. The maximum atomic E-state index is 13.1. The van der Waals surface area contributed by atoms with Gasteiger partial charge in [-0.25, -0.2) is 17.6 Å². The number of para-hydroxylation sites is 1. The molecule has 0 saturated carbocycles. The monoisotopic (exact) mass is 456 g/mol. The largest absolute Gasteiger partial charge is 0.452 e. The van der Waals surface area contributed by atoms with Crippen LogP contribution in [0.15, 0.2) is 71.6 Å². The van der Waals surface area contributed by atoms with Crippen molar-refractivity contribution >= 4 is 33.3 Å². The van der Waals surface area contributed by atoms with Gasteiger partial charge in [-0.2, -0.15) is 0 Å². The Morgan fingerprint density at radius 2 is 1.56 bits per heavy atom. The minimum absolute atomic E-state index is 0.0308. The highest BCUT2D eigenvalue weighted by atomic mass is 32.2. The molecule has 0 aromatic heterocycles. The van der Waals surface area contributed by atoms with Crippen LogP contribution >= 0.6 is 0 Å². The van der Waals surface area contributed by atoms with Crippen molar-refractivity contribution in [2.24, 2.45) is 0 Å². The van der Waals surface area contributed by atoms with Gasteiger partial charge >= 0.3 is 5.97 Å². The summed E-state index contributed by atoms with van der Waals surface area (Å²) in [4.78, 5) is 24.6. The average molecular weight is 456 g/mol. The maximum Gasteiger partial charge on any atom is 0.340 e. The molecule has 0 atom stereocenters. The average Bonchev–Trinajstić information content (AvgIpc) is 2.76. The smallest absolute Gasteiger partial charge is 0.340 e. The van der Waals surface area contributed by atoms with Crippen molar-refractivity contribution in [1.82, 2.24) is 0 Å². The number of benzene rings is 3. The molecule has 3 aromatic rings. The fourth-order valence-electron chi connectivity index (χ4n) is 2.85. The van der Waals surface area contributed by atoms with E-state index in [4.69, 9.17) is 4.74 Å².